The molecule has 18 heavy (non-hydrogen) atoms. The second kappa shape index (κ2) is 6.68. The monoisotopic (exact) mass is 374 g/mol. The van der Waals surface area contributed by atoms with Crippen molar-refractivity contribution in [2.24, 2.45) is 0 Å². The fourth-order valence-corrected chi connectivity index (χ4v) is 3.28. The van der Waals surface area contributed by atoms with Crippen LogP contribution < -0.4 is 10.6 Å². The number of nitrogens with one attached hydrogen (secondary N) is 2. The van der Waals surface area contributed by atoms with Gasteiger partial charge in [-0.25, -0.2) is 0 Å². The first-order chi connectivity index (χ1) is 8.68. The van der Waals surface area contributed by atoms with Gasteiger partial charge in [-0.3, -0.25) is 4.79 Å². The van der Waals surface area contributed by atoms with E-state index < -0.39 is 0 Å². The van der Waals surface area contributed by atoms with Crippen molar-refractivity contribution in [2.75, 3.05) is 11.9 Å². The van der Waals surface area contributed by atoms with Crippen molar-refractivity contribution in [3.8, 4) is 0 Å². The summed E-state index contributed by atoms with van der Waals surface area (Å²) in [6.07, 6.45) is 4.38. The third kappa shape index (κ3) is 3.56. The van der Waals surface area contributed by atoms with Gasteiger partial charge >= 0.3 is 0 Å². The van der Waals surface area contributed by atoms with E-state index in [0.717, 1.165) is 40.4 Å². The lowest BCUT2D eigenvalue weighted by molar-refractivity contribution is -0.118. The number of carbonyl (C=O) groups excluding carboxylic acids is 1. The van der Waals surface area contributed by atoms with E-state index in [1.807, 2.05) is 18.2 Å². The van der Waals surface area contributed by atoms with E-state index in [1.165, 1.54) is 6.42 Å². The number of amides is 1. The van der Waals surface area contributed by atoms with Gasteiger partial charge in [-0.05, 0) is 63.4 Å². The molecule has 1 aromatic rings. The Morgan fingerprint density at radius 2 is 1.94 bits per heavy atom. The Bertz CT molecular complexity index is 409. The molecule has 1 amide bonds. The van der Waals surface area contributed by atoms with E-state index in [0.29, 0.717) is 0 Å². The Kier molecular flexibility index (Phi) is 5.21. The molecule has 1 aliphatic rings. The number of anilines is 1. The van der Waals surface area contributed by atoms with E-state index in [2.05, 4.69) is 42.5 Å². The van der Waals surface area contributed by atoms with Crippen LogP contribution in [0, 0.1) is 0 Å². The molecule has 0 saturated carbocycles. The second-order valence-corrected chi connectivity index (χ2v) is 6.15. The molecule has 1 aromatic carbocycles. The van der Waals surface area contributed by atoms with Crippen LogP contribution in [-0.4, -0.2) is 18.5 Å². The summed E-state index contributed by atoms with van der Waals surface area (Å²) in [4.78, 5) is 12.2. The van der Waals surface area contributed by atoms with E-state index in [4.69, 9.17) is 0 Å². The Morgan fingerprint density at radius 3 is 2.67 bits per heavy atom. The zero-order valence-electron chi connectivity index (χ0n) is 10.0. The lowest BCUT2D eigenvalue weighted by Gasteiger charge is -2.17. The van der Waals surface area contributed by atoms with Gasteiger partial charge < -0.3 is 10.6 Å². The number of benzene rings is 1. The highest BCUT2D eigenvalue weighted by molar-refractivity contribution is 9.11. The minimum absolute atomic E-state index is 0.0458. The van der Waals surface area contributed by atoms with Crippen LogP contribution in [0.25, 0.3) is 0 Å². The molecular formula is C13H16Br2N2O. The SMILES string of the molecule is O=C(Nc1c(Br)cccc1Br)C1CCCCCN1. The Hall–Kier alpha value is -0.390. The van der Waals surface area contributed by atoms with Crippen molar-refractivity contribution in [1.29, 1.82) is 0 Å². The van der Waals surface area contributed by atoms with Crippen LogP contribution in [0.15, 0.2) is 27.1 Å². The van der Waals surface area contributed by atoms with Gasteiger partial charge in [-0.1, -0.05) is 18.9 Å². The summed E-state index contributed by atoms with van der Waals surface area (Å²) in [6, 6.07) is 5.68. The topological polar surface area (TPSA) is 41.1 Å². The predicted octanol–water partition coefficient (Wildman–Crippen LogP) is 3.68. The third-order valence-corrected chi connectivity index (χ3v) is 4.41. The van der Waals surface area contributed by atoms with Crippen molar-refractivity contribution in [2.45, 2.75) is 31.7 Å². The zero-order chi connectivity index (χ0) is 13.0. The standard InChI is InChI=1S/C13H16Br2N2O/c14-9-5-4-6-10(15)12(9)17-13(18)11-7-2-1-3-8-16-11/h4-6,11,16H,1-3,7-8H2,(H,17,18). The van der Waals surface area contributed by atoms with Gasteiger partial charge in [0.2, 0.25) is 5.91 Å². The Labute approximate surface area is 124 Å². The third-order valence-electron chi connectivity index (χ3n) is 3.09. The molecule has 1 aliphatic heterocycles. The highest BCUT2D eigenvalue weighted by atomic mass is 79.9. The van der Waals surface area contributed by atoms with E-state index >= 15 is 0 Å². The van der Waals surface area contributed by atoms with Crippen molar-refractivity contribution in [3.63, 3.8) is 0 Å². The molecule has 5 heteroatoms. The summed E-state index contributed by atoms with van der Waals surface area (Å²) >= 11 is 6.90. The average molecular weight is 376 g/mol. The first kappa shape index (κ1) is 14.0. The normalized spacial score (nSPS) is 20.2. The van der Waals surface area contributed by atoms with Gasteiger partial charge in [0, 0.05) is 8.95 Å². The number of halogens is 2. The molecular weight excluding hydrogens is 360 g/mol. The molecule has 1 unspecified atom stereocenters. The molecule has 0 bridgehead atoms. The summed E-state index contributed by atoms with van der Waals surface area (Å²) in [5.41, 5.74) is 0.800. The van der Waals surface area contributed by atoms with Gasteiger partial charge in [0.05, 0.1) is 11.7 Å². The minimum Gasteiger partial charge on any atom is -0.323 e. The van der Waals surface area contributed by atoms with Crippen molar-refractivity contribution in [1.82, 2.24) is 5.32 Å². The average Bonchev–Trinajstić information content (AvgIpc) is 2.62. The molecule has 1 atom stereocenters. The van der Waals surface area contributed by atoms with Crippen molar-refractivity contribution < 1.29 is 4.79 Å². The number of hydrogen-bond acceptors (Lipinski definition) is 2. The summed E-state index contributed by atoms with van der Waals surface area (Å²) in [5, 5.41) is 6.28. The molecule has 1 heterocycles. The molecule has 1 saturated heterocycles. The van der Waals surface area contributed by atoms with Gasteiger partial charge in [0.25, 0.3) is 0 Å². The van der Waals surface area contributed by atoms with Gasteiger partial charge in [-0.2, -0.15) is 0 Å². The smallest absolute Gasteiger partial charge is 0.241 e. The van der Waals surface area contributed by atoms with E-state index in [1.54, 1.807) is 0 Å². The first-order valence-electron chi connectivity index (χ1n) is 6.17. The predicted molar refractivity (Wildman–Crippen MR) is 80.7 cm³/mol. The largest absolute Gasteiger partial charge is 0.323 e. The summed E-state index contributed by atoms with van der Waals surface area (Å²) < 4.78 is 1.78. The quantitative estimate of drug-likeness (QED) is 0.827. The van der Waals surface area contributed by atoms with Crippen LogP contribution in [0.5, 0.6) is 0 Å². The zero-order valence-corrected chi connectivity index (χ0v) is 13.2. The number of hydrogen-bond donors (Lipinski definition) is 2. The van der Waals surface area contributed by atoms with Gasteiger partial charge in [-0.15, -0.1) is 0 Å². The maximum Gasteiger partial charge on any atom is 0.241 e. The number of para-hydroxylation sites is 1. The molecule has 3 nitrogen and oxygen atoms in total. The minimum atomic E-state index is -0.0773. The van der Waals surface area contributed by atoms with Gasteiger partial charge in [0.15, 0.2) is 0 Å². The molecule has 2 rings (SSSR count). The van der Waals surface area contributed by atoms with Crippen LogP contribution in [-0.2, 0) is 4.79 Å². The lowest BCUT2D eigenvalue weighted by atomic mass is 10.1. The molecule has 0 spiro atoms. The molecule has 98 valence electrons. The molecule has 0 aromatic heterocycles. The highest BCUT2D eigenvalue weighted by Crippen LogP contribution is 2.30. The molecule has 1 fully saturated rings. The summed E-state index contributed by atoms with van der Waals surface area (Å²) in [7, 11) is 0. The number of carbonyl (C=O) groups is 1. The Balaban J connectivity index is 2.06. The molecule has 2 N–H and O–H groups in total. The fourth-order valence-electron chi connectivity index (χ4n) is 2.08. The van der Waals surface area contributed by atoms with Crippen LogP contribution >= 0.6 is 31.9 Å². The summed E-state index contributed by atoms with van der Waals surface area (Å²) in [6.45, 7) is 0.926. The van der Waals surface area contributed by atoms with Gasteiger partial charge in [0.1, 0.15) is 0 Å². The maximum atomic E-state index is 12.2. The Morgan fingerprint density at radius 1 is 1.22 bits per heavy atom. The highest BCUT2D eigenvalue weighted by Gasteiger charge is 2.20. The summed E-state index contributed by atoms with van der Waals surface area (Å²) in [5.74, 6) is 0.0458. The molecule has 0 radical (unpaired) electrons. The fraction of sp³-hybridized carbons (Fsp3) is 0.462. The lowest BCUT2D eigenvalue weighted by Crippen LogP contribution is -2.39. The first-order valence-corrected chi connectivity index (χ1v) is 7.75. The van der Waals surface area contributed by atoms with Crippen molar-refractivity contribution in [3.05, 3.63) is 27.1 Å². The molecule has 0 aliphatic carbocycles. The van der Waals surface area contributed by atoms with Crippen LogP contribution in [0.4, 0.5) is 5.69 Å². The van der Waals surface area contributed by atoms with Crippen LogP contribution in [0.2, 0.25) is 0 Å². The van der Waals surface area contributed by atoms with Crippen molar-refractivity contribution >= 4 is 43.5 Å². The number of rotatable bonds is 2. The van der Waals surface area contributed by atoms with E-state index in [-0.39, 0.29) is 11.9 Å². The maximum absolute atomic E-state index is 12.2. The van der Waals surface area contributed by atoms with Crippen LogP contribution in [0.3, 0.4) is 0 Å². The van der Waals surface area contributed by atoms with Crippen LogP contribution in [0.1, 0.15) is 25.7 Å². The second-order valence-electron chi connectivity index (χ2n) is 4.44. The van der Waals surface area contributed by atoms with E-state index in [9.17, 15) is 4.79 Å².